The lowest BCUT2D eigenvalue weighted by Crippen LogP contribution is -2.38. The molecule has 1 aliphatic rings. The summed E-state index contributed by atoms with van der Waals surface area (Å²) in [5.41, 5.74) is 1.26. The molecular formula is C16H26BrN3. The van der Waals surface area contributed by atoms with Gasteiger partial charge in [-0.2, -0.15) is 0 Å². The molecule has 1 N–H and O–H groups in total. The number of piperidine rings is 1. The van der Waals surface area contributed by atoms with E-state index in [1.807, 2.05) is 6.20 Å². The Morgan fingerprint density at radius 3 is 2.70 bits per heavy atom. The molecular weight excluding hydrogens is 314 g/mol. The fourth-order valence-electron chi connectivity index (χ4n) is 2.64. The maximum atomic E-state index is 4.54. The molecule has 0 saturated carbocycles. The number of aryl methyl sites for hydroxylation is 1. The molecule has 112 valence electrons. The van der Waals surface area contributed by atoms with Crippen LogP contribution in [0, 0.1) is 18.8 Å². The Morgan fingerprint density at radius 2 is 2.10 bits per heavy atom. The largest absolute Gasteiger partial charge is 0.357 e. The van der Waals surface area contributed by atoms with E-state index in [9.17, 15) is 0 Å². The van der Waals surface area contributed by atoms with Crippen molar-refractivity contribution >= 4 is 21.7 Å². The van der Waals surface area contributed by atoms with Gasteiger partial charge in [0.05, 0.1) is 0 Å². The van der Waals surface area contributed by atoms with E-state index in [1.54, 1.807) is 0 Å². The maximum Gasteiger partial charge on any atom is 0.128 e. The highest BCUT2D eigenvalue weighted by molar-refractivity contribution is 9.10. The van der Waals surface area contributed by atoms with Crippen molar-refractivity contribution in [3.8, 4) is 0 Å². The third-order valence-corrected chi connectivity index (χ3v) is 4.79. The second-order valence-corrected chi connectivity index (χ2v) is 7.13. The smallest absolute Gasteiger partial charge is 0.128 e. The van der Waals surface area contributed by atoms with Crippen molar-refractivity contribution in [1.82, 2.24) is 10.3 Å². The van der Waals surface area contributed by atoms with E-state index in [0.717, 1.165) is 41.8 Å². The quantitative estimate of drug-likeness (QED) is 0.887. The molecule has 0 aliphatic carbocycles. The highest BCUT2D eigenvalue weighted by Gasteiger charge is 2.20. The van der Waals surface area contributed by atoms with Gasteiger partial charge in [-0.05, 0) is 72.3 Å². The Kier molecular flexibility index (Phi) is 5.85. The van der Waals surface area contributed by atoms with Crippen molar-refractivity contribution in [3.63, 3.8) is 0 Å². The fraction of sp³-hybridized carbons (Fsp3) is 0.688. The summed E-state index contributed by atoms with van der Waals surface area (Å²) in [6.45, 7) is 11.2. The van der Waals surface area contributed by atoms with Gasteiger partial charge in [-0.3, -0.25) is 0 Å². The molecule has 0 unspecified atom stereocenters. The number of aromatic nitrogens is 1. The number of hydrogen-bond donors (Lipinski definition) is 1. The van der Waals surface area contributed by atoms with Crippen LogP contribution in [0.3, 0.4) is 0 Å². The van der Waals surface area contributed by atoms with Gasteiger partial charge in [-0.15, -0.1) is 0 Å². The summed E-state index contributed by atoms with van der Waals surface area (Å²) in [4.78, 5) is 6.95. The van der Waals surface area contributed by atoms with Crippen LogP contribution in [0.5, 0.6) is 0 Å². The molecule has 3 nitrogen and oxygen atoms in total. The third-order valence-electron chi connectivity index (χ3n) is 3.96. The van der Waals surface area contributed by atoms with Gasteiger partial charge < -0.3 is 10.2 Å². The number of pyridine rings is 1. The Hall–Kier alpha value is -0.610. The van der Waals surface area contributed by atoms with Crippen LogP contribution in [-0.2, 0) is 0 Å². The highest BCUT2D eigenvalue weighted by Crippen LogP contribution is 2.24. The molecule has 0 aromatic carbocycles. The predicted octanol–water partition coefficient (Wildman–Crippen LogP) is 3.61. The van der Waals surface area contributed by atoms with E-state index >= 15 is 0 Å². The first-order chi connectivity index (χ1) is 9.56. The Bertz CT molecular complexity index is 426. The van der Waals surface area contributed by atoms with Gasteiger partial charge in [-0.1, -0.05) is 13.8 Å². The first kappa shape index (κ1) is 15.8. The lowest BCUT2D eigenvalue weighted by molar-refractivity contribution is 0.373. The van der Waals surface area contributed by atoms with Gasteiger partial charge in [0.15, 0.2) is 0 Å². The average Bonchev–Trinajstić information content (AvgIpc) is 2.42. The molecule has 1 aromatic heterocycles. The van der Waals surface area contributed by atoms with Crippen LogP contribution in [0.2, 0.25) is 0 Å². The van der Waals surface area contributed by atoms with Crippen molar-refractivity contribution < 1.29 is 0 Å². The lowest BCUT2D eigenvalue weighted by atomic mass is 9.96. The van der Waals surface area contributed by atoms with Crippen molar-refractivity contribution in [2.24, 2.45) is 11.8 Å². The van der Waals surface area contributed by atoms with Gasteiger partial charge in [0, 0.05) is 23.8 Å². The number of rotatable bonds is 5. The number of anilines is 1. The second-order valence-electron chi connectivity index (χ2n) is 6.27. The summed E-state index contributed by atoms with van der Waals surface area (Å²) >= 11 is 3.51. The van der Waals surface area contributed by atoms with Crippen LogP contribution in [0.15, 0.2) is 16.7 Å². The predicted molar refractivity (Wildman–Crippen MR) is 89.3 cm³/mol. The topological polar surface area (TPSA) is 28.2 Å². The second kappa shape index (κ2) is 7.41. The SMILES string of the molecule is Cc1cc(N2CCC(CNCC(C)C)CC2)ncc1Br. The molecule has 2 rings (SSSR count). The molecule has 1 fully saturated rings. The van der Waals surface area contributed by atoms with Crippen LogP contribution >= 0.6 is 15.9 Å². The van der Waals surface area contributed by atoms with Crippen molar-refractivity contribution in [1.29, 1.82) is 0 Å². The van der Waals surface area contributed by atoms with Gasteiger partial charge in [0.1, 0.15) is 5.82 Å². The summed E-state index contributed by atoms with van der Waals surface area (Å²) in [5.74, 6) is 2.69. The van der Waals surface area contributed by atoms with Gasteiger partial charge in [0.2, 0.25) is 0 Å². The van der Waals surface area contributed by atoms with Crippen molar-refractivity contribution in [3.05, 3.63) is 22.3 Å². The zero-order chi connectivity index (χ0) is 14.5. The lowest BCUT2D eigenvalue weighted by Gasteiger charge is -2.33. The maximum absolute atomic E-state index is 4.54. The molecule has 20 heavy (non-hydrogen) atoms. The molecule has 1 aliphatic heterocycles. The third kappa shape index (κ3) is 4.45. The van der Waals surface area contributed by atoms with Gasteiger partial charge in [-0.25, -0.2) is 4.98 Å². The molecule has 4 heteroatoms. The van der Waals surface area contributed by atoms with E-state index in [-0.39, 0.29) is 0 Å². The van der Waals surface area contributed by atoms with Crippen LogP contribution in [0.4, 0.5) is 5.82 Å². The van der Waals surface area contributed by atoms with E-state index in [2.05, 4.69) is 58.0 Å². The minimum Gasteiger partial charge on any atom is -0.357 e. The molecule has 2 heterocycles. The number of hydrogen-bond acceptors (Lipinski definition) is 3. The fourth-order valence-corrected chi connectivity index (χ4v) is 2.86. The molecule has 0 atom stereocenters. The van der Waals surface area contributed by atoms with Crippen LogP contribution < -0.4 is 10.2 Å². The summed E-state index contributed by atoms with van der Waals surface area (Å²) in [6.07, 6.45) is 4.45. The Labute approximate surface area is 131 Å². The summed E-state index contributed by atoms with van der Waals surface area (Å²) in [6, 6.07) is 2.18. The molecule has 0 radical (unpaired) electrons. The molecule has 1 aromatic rings. The minimum atomic E-state index is 0.741. The average molecular weight is 340 g/mol. The van der Waals surface area contributed by atoms with E-state index in [1.165, 1.54) is 24.9 Å². The number of nitrogens with zero attached hydrogens (tertiary/aromatic N) is 2. The molecule has 0 spiro atoms. The van der Waals surface area contributed by atoms with E-state index in [0.29, 0.717) is 0 Å². The van der Waals surface area contributed by atoms with E-state index in [4.69, 9.17) is 0 Å². The molecule has 0 amide bonds. The number of halogens is 1. The molecule has 1 saturated heterocycles. The minimum absolute atomic E-state index is 0.741. The van der Waals surface area contributed by atoms with Gasteiger partial charge in [0.25, 0.3) is 0 Å². The first-order valence-corrected chi connectivity index (χ1v) is 8.43. The first-order valence-electron chi connectivity index (χ1n) is 7.64. The summed E-state index contributed by atoms with van der Waals surface area (Å²) in [5, 5.41) is 3.59. The normalized spacial score (nSPS) is 16.9. The molecule has 0 bridgehead atoms. The monoisotopic (exact) mass is 339 g/mol. The Balaban J connectivity index is 1.80. The van der Waals surface area contributed by atoms with Crippen molar-refractivity contribution in [2.75, 3.05) is 31.1 Å². The van der Waals surface area contributed by atoms with Crippen LogP contribution in [-0.4, -0.2) is 31.2 Å². The standard InChI is InChI=1S/C16H26BrN3/c1-12(2)9-18-10-14-4-6-20(7-5-14)16-8-13(3)15(17)11-19-16/h8,11-12,14,18H,4-7,9-10H2,1-3H3. The van der Waals surface area contributed by atoms with Crippen LogP contribution in [0.25, 0.3) is 0 Å². The Morgan fingerprint density at radius 1 is 1.40 bits per heavy atom. The highest BCUT2D eigenvalue weighted by atomic mass is 79.9. The van der Waals surface area contributed by atoms with Crippen molar-refractivity contribution in [2.45, 2.75) is 33.6 Å². The van der Waals surface area contributed by atoms with Gasteiger partial charge >= 0.3 is 0 Å². The van der Waals surface area contributed by atoms with Crippen LogP contribution in [0.1, 0.15) is 32.3 Å². The zero-order valence-corrected chi connectivity index (χ0v) is 14.4. The zero-order valence-electron chi connectivity index (χ0n) is 12.8. The summed E-state index contributed by atoms with van der Waals surface area (Å²) in [7, 11) is 0. The van der Waals surface area contributed by atoms with E-state index < -0.39 is 0 Å². The summed E-state index contributed by atoms with van der Waals surface area (Å²) < 4.78 is 1.09. The number of nitrogens with one attached hydrogen (secondary N) is 1.